The number of hydrogen-bond donors (Lipinski definition) is 1. The van der Waals surface area contributed by atoms with Crippen LogP contribution in [0.5, 0.6) is 0 Å². The Morgan fingerprint density at radius 2 is 2.31 bits per heavy atom. The lowest BCUT2D eigenvalue weighted by molar-refractivity contribution is 0.145. The molecule has 2 fully saturated rings. The number of nitrogens with zero attached hydrogens (tertiary/aromatic N) is 1. The van der Waals surface area contributed by atoms with Crippen molar-refractivity contribution in [2.45, 2.75) is 32.8 Å². The second-order valence-electron chi connectivity index (χ2n) is 4.20. The van der Waals surface area contributed by atoms with E-state index >= 15 is 0 Å². The van der Waals surface area contributed by atoms with Crippen LogP contribution in [0.2, 0.25) is 0 Å². The van der Waals surface area contributed by atoms with E-state index in [0.29, 0.717) is 0 Å². The first-order chi connectivity index (χ1) is 6.27. The molecule has 0 aromatic heterocycles. The second kappa shape index (κ2) is 3.66. The maximum absolute atomic E-state index is 5.39. The molecule has 0 radical (unpaired) electrons. The molecule has 1 aliphatic carbocycles. The molecule has 0 spiro atoms. The molecule has 1 saturated heterocycles. The van der Waals surface area contributed by atoms with Crippen molar-refractivity contribution in [1.82, 2.24) is 5.43 Å². The summed E-state index contributed by atoms with van der Waals surface area (Å²) in [5.74, 6) is 1.77. The average Bonchev–Trinajstić information content (AvgIpc) is 2.63. The van der Waals surface area contributed by atoms with E-state index in [-0.39, 0.29) is 6.10 Å². The van der Waals surface area contributed by atoms with E-state index in [1.807, 2.05) is 0 Å². The predicted molar refractivity (Wildman–Crippen MR) is 52.7 cm³/mol. The largest absolute Gasteiger partial charge is 0.372 e. The highest BCUT2D eigenvalue weighted by molar-refractivity contribution is 5.89. The summed E-state index contributed by atoms with van der Waals surface area (Å²) in [6.45, 7) is 6.23. The van der Waals surface area contributed by atoms with Crippen molar-refractivity contribution in [2.24, 2.45) is 16.9 Å². The lowest BCUT2D eigenvalue weighted by Gasteiger charge is -2.03. The van der Waals surface area contributed by atoms with Crippen LogP contribution in [0.25, 0.3) is 0 Å². The third kappa shape index (κ3) is 2.21. The van der Waals surface area contributed by atoms with Gasteiger partial charge in [0.05, 0.1) is 18.4 Å². The Balaban J connectivity index is 1.70. The molecule has 0 aromatic carbocycles. The highest BCUT2D eigenvalue weighted by atomic mass is 16.5. The Labute approximate surface area is 79.5 Å². The fourth-order valence-electron chi connectivity index (χ4n) is 1.73. The normalized spacial score (nSPS) is 41.1. The molecule has 0 bridgehead atoms. The fourth-order valence-corrected chi connectivity index (χ4v) is 1.73. The minimum atomic E-state index is 0.226. The molecule has 1 N–H and O–H groups in total. The summed E-state index contributed by atoms with van der Waals surface area (Å²) in [5, 5.41) is 4.36. The second-order valence-corrected chi connectivity index (χ2v) is 4.20. The first-order valence-corrected chi connectivity index (χ1v) is 5.18. The molecule has 3 unspecified atom stereocenters. The monoisotopic (exact) mass is 182 g/mol. The topological polar surface area (TPSA) is 33.6 Å². The van der Waals surface area contributed by atoms with Gasteiger partial charge in [-0.2, -0.15) is 5.10 Å². The Hall–Kier alpha value is -0.570. The van der Waals surface area contributed by atoms with E-state index in [4.69, 9.17) is 4.74 Å². The molecule has 1 aliphatic heterocycles. The van der Waals surface area contributed by atoms with Crippen molar-refractivity contribution in [3.8, 4) is 0 Å². The fraction of sp³-hybridized carbons (Fsp3) is 0.900. The summed E-state index contributed by atoms with van der Waals surface area (Å²) in [6, 6.07) is 0. The zero-order valence-corrected chi connectivity index (χ0v) is 8.42. The summed E-state index contributed by atoms with van der Waals surface area (Å²) in [6.07, 6.45) is 2.59. The Bertz CT molecular complexity index is 215. The molecule has 0 aromatic rings. The molecule has 2 aliphatic rings. The number of ether oxygens (including phenoxy) is 1. The van der Waals surface area contributed by atoms with Gasteiger partial charge in [-0.3, -0.25) is 0 Å². The van der Waals surface area contributed by atoms with Crippen molar-refractivity contribution in [1.29, 1.82) is 0 Å². The smallest absolute Gasteiger partial charge is 0.0946 e. The molecular weight excluding hydrogens is 164 g/mol. The van der Waals surface area contributed by atoms with Crippen molar-refractivity contribution >= 4 is 5.71 Å². The van der Waals surface area contributed by atoms with Crippen LogP contribution in [0, 0.1) is 11.8 Å². The van der Waals surface area contributed by atoms with Crippen LogP contribution in [0.1, 0.15) is 26.7 Å². The minimum Gasteiger partial charge on any atom is -0.372 e. The van der Waals surface area contributed by atoms with Gasteiger partial charge in [-0.25, -0.2) is 0 Å². The lowest BCUT2D eigenvalue weighted by Crippen LogP contribution is -2.18. The Morgan fingerprint density at radius 3 is 2.85 bits per heavy atom. The third-order valence-electron chi connectivity index (χ3n) is 3.05. The van der Waals surface area contributed by atoms with E-state index < -0.39 is 0 Å². The molecule has 0 amide bonds. The number of hydrogen-bond acceptors (Lipinski definition) is 3. The maximum atomic E-state index is 5.39. The van der Waals surface area contributed by atoms with E-state index in [0.717, 1.165) is 31.4 Å². The zero-order chi connectivity index (χ0) is 9.26. The minimum absolute atomic E-state index is 0.226. The highest BCUT2D eigenvalue weighted by Gasteiger charge is 2.31. The van der Waals surface area contributed by atoms with Gasteiger partial charge in [0.2, 0.25) is 0 Å². The van der Waals surface area contributed by atoms with Gasteiger partial charge in [-0.15, -0.1) is 0 Å². The van der Waals surface area contributed by atoms with Gasteiger partial charge in [-0.1, -0.05) is 6.92 Å². The molecule has 3 atom stereocenters. The van der Waals surface area contributed by atoms with E-state index in [2.05, 4.69) is 24.4 Å². The van der Waals surface area contributed by atoms with Gasteiger partial charge in [0, 0.05) is 13.0 Å². The van der Waals surface area contributed by atoms with Crippen molar-refractivity contribution in [2.75, 3.05) is 13.2 Å². The maximum Gasteiger partial charge on any atom is 0.0946 e. The Morgan fingerprint density at radius 1 is 1.54 bits per heavy atom. The van der Waals surface area contributed by atoms with Gasteiger partial charge in [0.1, 0.15) is 0 Å². The van der Waals surface area contributed by atoms with Gasteiger partial charge in [-0.05, 0) is 25.2 Å². The number of nitrogens with one attached hydrogen (secondary N) is 1. The molecule has 2 rings (SSSR count). The average molecular weight is 182 g/mol. The first kappa shape index (κ1) is 9.00. The molecule has 1 heterocycles. The number of rotatable bonds is 3. The van der Waals surface area contributed by atoms with E-state index in [1.54, 1.807) is 0 Å². The lowest BCUT2D eigenvalue weighted by atomic mass is 10.2. The standard InChI is InChI=1S/C10H18N2O/c1-7-5-9(7)6-11-12-10-3-4-13-8(10)2/h7-9,11H,3-6H2,1-2H3/b12-10-. The molecule has 74 valence electrons. The van der Waals surface area contributed by atoms with Crippen LogP contribution in [0.3, 0.4) is 0 Å². The first-order valence-electron chi connectivity index (χ1n) is 5.18. The van der Waals surface area contributed by atoms with E-state index in [1.165, 1.54) is 12.1 Å². The van der Waals surface area contributed by atoms with Crippen molar-refractivity contribution < 1.29 is 4.74 Å². The SMILES string of the molecule is CC1OCC/C1=N/NCC1CC1C. The summed E-state index contributed by atoms with van der Waals surface area (Å²) in [4.78, 5) is 0. The third-order valence-corrected chi connectivity index (χ3v) is 3.05. The molecule has 3 heteroatoms. The van der Waals surface area contributed by atoms with Crippen LogP contribution in [0.15, 0.2) is 5.10 Å². The van der Waals surface area contributed by atoms with Crippen LogP contribution in [0.4, 0.5) is 0 Å². The summed E-state index contributed by atoms with van der Waals surface area (Å²) < 4.78 is 5.39. The van der Waals surface area contributed by atoms with Crippen LogP contribution in [-0.2, 0) is 4.74 Å². The molecule has 13 heavy (non-hydrogen) atoms. The molecule has 3 nitrogen and oxygen atoms in total. The predicted octanol–water partition coefficient (Wildman–Crippen LogP) is 1.40. The molecular formula is C10H18N2O. The summed E-state index contributed by atoms with van der Waals surface area (Å²) in [5.41, 5.74) is 4.33. The van der Waals surface area contributed by atoms with Crippen LogP contribution in [-0.4, -0.2) is 25.0 Å². The Kier molecular flexibility index (Phi) is 2.54. The summed E-state index contributed by atoms with van der Waals surface area (Å²) in [7, 11) is 0. The van der Waals surface area contributed by atoms with Gasteiger partial charge >= 0.3 is 0 Å². The van der Waals surface area contributed by atoms with E-state index in [9.17, 15) is 0 Å². The number of hydrazone groups is 1. The van der Waals surface area contributed by atoms with Gasteiger partial charge < -0.3 is 10.2 Å². The van der Waals surface area contributed by atoms with Crippen molar-refractivity contribution in [3.63, 3.8) is 0 Å². The summed E-state index contributed by atoms with van der Waals surface area (Å²) >= 11 is 0. The molecule has 1 saturated carbocycles. The van der Waals surface area contributed by atoms with Gasteiger partial charge in [0.15, 0.2) is 0 Å². The van der Waals surface area contributed by atoms with Crippen LogP contribution >= 0.6 is 0 Å². The quantitative estimate of drug-likeness (QED) is 0.669. The van der Waals surface area contributed by atoms with Crippen LogP contribution < -0.4 is 5.43 Å². The van der Waals surface area contributed by atoms with Crippen molar-refractivity contribution in [3.05, 3.63) is 0 Å². The highest BCUT2D eigenvalue weighted by Crippen LogP contribution is 2.36. The zero-order valence-electron chi connectivity index (χ0n) is 8.42. The van der Waals surface area contributed by atoms with Gasteiger partial charge in [0.25, 0.3) is 0 Å².